The van der Waals surface area contributed by atoms with Gasteiger partial charge in [-0.15, -0.1) is 0 Å². The van der Waals surface area contributed by atoms with Crippen LogP contribution in [0.4, 0.5) is 5.69 Å². The second kappa shape index (κ2) is 9.00. The average molecular weight is 405 g/mol. The molecule has 0 aliphatic carbocycles. The third-order valence-corrected chi connectivity index (χ3v) is 7.08. The molecule has 0 aromatic heterocycles. The third-order valence-electron chi connectivity index (χ3n) is 4.86. The van der Waals surface area contributed by atoms with Gasteiger partial charge in [0.2, 0.25) is 10.0 Å². The Labute approximate surface area is 166 Å². The van der Waals surface area contributed by atoms with Gasteiger partial charge in [0.25, 0.3) is 0 Å². The van der Waals surface area contributed by atoms with E-state index in [1.165, 1.54) is 5.56 Å². The van der Waals surface area contributed by atoms with Crippen LogP contribution in [0.15, 0.2) is 52.4 Å². The number of aryl methyl sites for hydroxylation is 1. The van der Waals surface area contributed by atoms with Gasteiger partial charge in [-0.3, -0.25) is 4.99 Å². The van der Waals surface area contributed by atoms with Gasteiger partial charge in [-0.1, -0.05) is 55.6 Å². The Hall–Kier alpha value is -1.69. The Morgan fingerprint density at radius 1 is 1.04 bits per heavy atom. The molecule has 144 valence electrons. The van der Waals surface area contributed by atoms with Crippen LogP contribution in [0.3, 0.4) is 0 Å². The first-order chi connectivity index (χ1) is 13.0. The number of benzene rings is 2. The van der Waals surface area contributed by atoms with Crippen LogP contribution in [-0.4, -0.2) is 32.0 Å². The van der Waals surface area contributed by atoms with E-state index in [0.29, 0.717) is 23.8 Å². The fourth-order valence-corrected chi connectivity index (χ4v) is 4.87. The lowest BCUT2D eigenvalue weighted by atomic mass is 10.1. The highest BCUT2D eigenvalue weighted by Gasteiger charge is 2.25. The lowest BCUT2D eigenvalue weighted by molar-refractivity contribution is 0.424. The Morgan fingerprint density at radius 3 is 2.33 bits per heavy atom. The zero-order valence-electron chi connectivity index (χ0n) is 15.6. The molecule has 3 rings (SSSR count). The van der Waals surface area contributed by atoms with Gasteiger partial charge in [-0.2, -0.15) is 4.31 Å². The maximum atomic E-state index is 13.0. The van der Waals surface area contributed by atoms with E-state index in [1.807, 2.05) is 12.1 Å². The number of halogens is 1. The average Bonchev–Trinajstić information content (AvgIpc) is 2.97. The van der Waals surface area contributed by atoms with Gasteiger partial charge in [0.1, 0.15) is 0 Å². The summed E-state index contributed by atoms with van der Waals surface area (Å²) in [4.78, 5) is 4.68. The van der Waals surface area contributed by atoms with Crippen molar-refractivity contribution in [3.8, 4) is 0 Å². The monoisotopic (exact) mass is 404 g/mol. The van der Waals surface area contributed by atoms with Gasteiger partial charge in [-0.25, -0.2) is 8.42 Å². The minimum atomic E-state index is -3.52. The van der Waals surface area contributed by atoms with Crippen molar-refractivity contribution in [1.82, 2.24) is 4.31 Å². The predicted molar refractivity (Wildman–Crippen MR) is 112 cm³/mol. The summed E-state index contributed by atoms with van der Waals surface area (Å²) in [7, 11) is -3.52. The topological polar surface area (TPSA) is 49.7 Å². The normalized spacial score (nSPS) is 16.5. The molecule has 0 bridgehead atoms. The van der Waals surface area contributed by atoms with Crippen LogP contribution in [0.25, 0.3) is 0 Å². The molecule has 6 heteroatoms. The zero-order valence-corrected chi connectivity index (χ0v) is 17.1. The SMILES string of the molecule is CCc1ccc(C=Nc2cc(S(=O)(=O)N3CCCCCC3)ccc2Cl)cc1. The van der Waals surface area contributed by atoms with Crippen molar-refractivity contribution >= 4 is 33.5 Å². The van der Waals surface area contributed by atoms with Gasteiger partial charge in [0, 0.05) is 19.3 Å². The van der Waals surface area contributed by atoms with E-state index in [9.17, 15) is 8.42 Å². The zero-order chi connectivity index (χ0) is 19.3. The molecule has 1 saturated heterocycles. The first-order valence-electron chi connectivity index (χ1n) is 9.43. The first-order valence-corrected chi connectivity index (χ1v) is 11.3. The van der Waals surface area contributed by atoms with E-state index < -0.39 is 10.0 Å². The molecule has 0 unspecified atom stereocenters. The summed E-state index contributed by atoms with van der Waals surface area (Å²) < 4.78 is 27.5. The standard InChI is InChI=1S/C21H25ClN2O2S/c1-2-17-7-9-18(10-8-17)16-23-21-15-19(11-12-20(21)22)27(25,26)24-13-5-3-4-6-14-24/h7-12,15-16H,2-6,13-14H2,1H3. The number of rotatable bonds is 5. The molecular formula is C21H25ClN2O2S. The highest BCUT2D eigenvalue weighted by atomic mass is 35.5. The molecule has 4 nitrogen and oxygen atoms in total. The van der Waals surface area contributed by atoms with E-state index in [1.54, 1.807) is 28.7 Å². The first kappa shape index (κ1) is 20.1. The fraction of sp³-hybridized carbons (Fsp3) is 0.381. The van der Waals surface area contributed by atoms with Crippen molar-refractivity contribution in [3.63, 3.8) is 0 Å². The molecule has 2 aromatic carbocycles. The van der Waals surface area contributed by atoms with Crippen molar-refractivity contribution in [2.45, 2.75) is 43.9 Å². The molecule has 1 aliphatic heterocycles. The van der Waals surface area contributed by atoms with Crippen molar-refractivity contribution < 1.29 is 8.42 Å². The summed E-state index contributed by atoms with van der Waals surface area (Å²) >= 11 is 6.25. The number of hydrogen-bond acceptors (Lipinski definition) is 3. The maximum Gasteiger partial charge on any atom is 0.243 e. The maximum absolute atomic E-state index is 13.0. The number of hydrogen-bond donors (Lipinski definition) is 0. The molecule has 0 N–H and O–H groups in total. The molecule has 0 amide bonds. The molecule has 0 radical (unpaired) electrons. The second-order valence-electron chi connectivity index (χ2n) is 6.78. The van der Waals surface area contributed by atoms with Gasteiger partial charge >= 0.3 is 0 Å². The summed E-state index contributed by atoms with van der Waals surface area (Å²) in [6, 6.07) is 12.9. The van der Waals surface area contributed by atoms with E-state index in [-0.39, 0.29) is 4.90 Å². The quantitative estimate of drug-likeness (QED) is 0.641. The number of nitrogens with zero attached hydrogens (tertiary/aromatic N) is 2. The van der Waals surface area contributed by atoms with Crippen LogP contribution in [-0.2, 0) is 16.4 Å². The predicted octanol–water partition coefficient (Wildman–Crippen LogP) is 5.22. The number of sulfonamides is 1. The molecule has 0 saturated carbocycles. The highest BCUT2D eigenvalue weighted by Crippen LogP contribution is 2.30. The lowest BCUT2D eigenvalue weighted by Crippen LogP contribution is -2.31. The minimum Gasteiger partial charge on any atom is -0.255 e. The molecular weight excluding hydrogens is 380 g/mol. The number of aliphatic imine (C=N–C) groups is 1. The van der Waals surface area contributed by atoms with Gasteiger partial charge in [-0.05, 0) is 48.6 Å². The molecule has 0 spiro atoms. The molecule has 1 heterocycles. The van der Waals surface area contributed by atoms with Crippen molar-refractivity contribution in [2.75, 3.05) is 13.1 Å². The summed E-state index contributed by atoms with van der Waals surface area (Å²) in [6.07, 6.45) is 6.68. The lowest BCUT2D eigenvalue weighted by Gasteiger charge is -2.20. The van der Waals surface area contributed by atoms with E-state index >= 15 is 0 Å². The summed E-state index contributed by atoms with van der Waals surface area (Å²) in [5.41, 5.74) is 2.67. The van der Waals surface area contributed by atoms with Gasteiger partial charge < -0.3 is 0 Å². The molecule has 27 heavy (non-hydrogen) atoms. The second-order valence-corrected chi connectivity index (χ2v) is 9.13. The van der Waals surface area contributed by atoms with Crippen LogP contribution < -0.4 is 0 Å². The van der Waals surface area contributed by atoms with Crippen LogP contribution in [0, 0.1) is 0 Å². The van der Waals surface area contributed by atoms with Gasteiger partial charge in [0.05, 0.1) is 15.6 Å². The molecule has 0 atom stereocenters. The van der Waals surface area contributed by atoms with Crippen LogP contribution in [0.2, 0.25) is 5.02 Å². The van der Waals surface area contributed by atoms with E-state index in [4.69, 9.17) is 11.6 Å². The van der Waals surface area contributed by atoms with Crippen molar-refractivity contribution in [2.24, 2.45) is 4.99 Å². The Morgan fingerprint density at radius 2 is 1.70 bits per heavy atom. The van der Waals surface area contributed by atoms with Gasteiger partial charge in [0.15, 0.2) is 0 Å². The van der Waals surface area contributed by atoms with Crippen LogP contribution in [0.1, 0.15) is 43.7 Å². The van der Waals surface area contributed by atoms with Crippen molar-refractivity contribution in [1.29, 1.82) is 0 Å². The summed E-state index contributed by atoms with van der Waals surface area (Å²) in [5, 5.41) is 0.436. The van der Waals surface area contributed by atoms with Crippen molar-refractivity contribution in [3.05, 3.63) is 58.6 Å². The molecule has 2 aromatic rings. The third kappa shape index (κ3) is 4.98. The van der Waals surface area contributed by atoms with E-state index in [2.05, 4.69) is 24.0 Å². The molecule has 1 aliphatic rings. The summed E-state index contributed by atoms with van der Waals surface area (Å²) in [6.45, 7) is 3.26. The van der Waals surface area contributed by atoms with Crippen LogP contribution in [0.5, 0.6) is 0 Å². The van der Waals surface area contributed by atoms with Crippen LogP contribution >= 0.6 is 11.6 Å². The Kier molecular flexibility index (Phi) is 6.68. The fourth-order valence-electron chi connectivity index (χ4n) is 3.17. The summed E-state index contributed by atoms with van der Waals surface area (Å²) in [5.74, 6) is 0. The smallest absolute Gasteiger partial charge is 0.243 e. The minimum absolute atomic E-state index is 0.252. The Bertz CT molecular complexity index is 900. The largest absolute Gasteiger partial charge is 0.255 e. The highest BCUT2D eigenvalue weighted by molar-refractivity contribution is 7.89. The molecule has 1 fully saturated rings. The van der Waals surface area contributed by atoms with E-state index in [0.717, 1.165) is 37.7 Å². The Balaban J connectivity index is 1.85.